The molecule has 2 aliphatic carbocycles. The summed E-state index contributed by atoms with van der Waals surface area (Å²) in [4.78, 5) is 0. The molecular weight excluding hydrogens is 216 g/mol. The van der Waals surface area contributed by atoms with Crippen molar-refractivity contribution in [1.29, 1.82) is 0 Å². The van der Waals surface area contributed by atoms with Crippen LogP contribution >= 0.6 is 12.6 Å². The molecule has 2 heteroatoms. The molecule has 0 radical (unpaired) electrons. The number of hydrogen-bond acceptors (Lipinski definition) is 2. The summed E-state index contributed by atoms with van der Waals surface area (Å²) in [6.07, 6.45) is 8.62. The normalized spacial score (nSPS) is 41.0. The van der Waals surface area contributed by atoms with Crippen LogP contribution in [0.2, 0.25) is 0 Å². The quantitative estimate of drug-likeness (QED) is 0.582. The van der Waals surface area contributed by atoms with Gasteiger partial charge in [-0.3, -0.25) is 0 Å². The topological polar surface area (TPSA) is 9.23 Å². The van der Waals surface area contributed by atoms with Gasteiger partial charge in [-0.2, -0.15) is 12.6 Å². The van der Waals surface area contributed by atoms with E-state index in [1.807, 2.05) is 0 Å². The van der Waals surface area contributed by atoms with Gasteiger partial charge in [0.15, 0.2) is 0 Å². The largest absolute Gasteiger partial charge is 0.374 e. The molecule has 2 saturated carbocycles. The summed E-state index contributed by atoms with van der Waals surface area (Å²) in [6.45, 7) is 8.03. The van der Waals surface area contributed by atoms with Crippen LogP contribution in [-0.4, -0.2) is 18.5 Å². The molecule has 0 aromatic heterocycles. The summed E-state index contributed by atoms with van der Waals surface area (Å²) >= 11 is 4.15. The van der Waals surface area contributed by atoms with Gasteiger partial charge >= 0.3 is 0 Å². The van der Waals surface area contributed by atoms with E-state index in [2.05, 4.69) is 45.6 Å². The Morgan fingerprint density at radius 1 is 1.31 bits per heavy atom. The Kier molecular flexibility index (Phi) is 3.42. The van der Waals surface area contributed by atoms with E-state index in [1.54, 1.807) is 0 Å². The smallest absolute Gasteiger partial charge is 0.0651 e. The van der Waals surface area contributed by atoms with Crippen molar-refractivity contribution in [3.63, 3.8) is 0 Å². The van der Waals surface area contributed by atoms with Gasteiger partial charge in [-0.25, -0.2) is 0 Å². The molecule has 0 heterocycles. The molecule has 0 amide bonds. The molecule has 2 bridgehead atoms. The Labute approximate surface area is 105 Å². The van der Waals surface area contributed by atoms with Gasteiger partial charge in [0, 0.05) is 5.75 Å². The highest BCUT2D eigenvalue weighted by Crippen LogP contribution is 2.66. The minimum Gasteiger partial charge on any atom is -0.374 e. The Morgan fingerprint density at radius 3 is 2.56 bits per heavy atom. The van der Waals surface area contributed by atoms with Gasteiger partial charge in [-0.05, 0) is 36.0 Å². The third kappa shape index (κ3) is 1.74. The first-order valence-electron chi connectivity index (χ1n) is 6.40. The Balaban J connectivity index is 1.96. The van der Waals surface area contributed by atoms with E-state index in [0.29, 0.717) is 16.9 Å². The molecule has 2 rings (SSSR count). The van der Waals surface area contributed by atoms with E-state index in [4.69, 9.17) is 4.74 Å². The molecule has 0 N–H and O–H groups in total. The van der Waals surface area contributed by atoms with Gasteiger partial charge in [0.25, 0.3) is 0 Å². The van der Waals surface area contributed by atoms with Crippen molar-refractivity contribution >= 4 is 12.6 Å². The van der Waals surface area contributed by atoms with E-state index < -0.39 is 0 Å². The van der Waals surface area contributed by atoms with Crippen molar-refractivity contribution < 1.29 is 4.74 Å². The van der Waals surface area contributed by atoms with Crippen LogP contribution in [0.3, 0.4) is 0 Å². The average molecular weight is 240 g/mol. The highest BCUT2D eigenvalue weighted by atomic mass is 32.1. The predicted octanol–water partition coefficient (Wildman–Crippen LogP) is 3.70. The molecule has 0 saturated heterocycles. The highest BCUT2D eigenvalue weighted by molar-refractivity contribution is 7.80. The minimum atomic E-state index is 0.395. The molecular formula is C14H24OS. The van der Waals surface area contributed by atoms with Gasteiger partial charge < -0.3 is 4.74 Å². The Bertz CT molecular complexity index is 284. The zero-order chi connectivity index (χ0) is 11.8. The lowest BCUT2D eigenvalue weighted by Gasteiger charge is -2.38. The maximum atomic E-state index is 6.06. The third-order valence-electron chi connectivity index (χ3n) is 5.38. The number of rotatable bonds is 4. The third-order valence-corrected chi connectivity index (χ3v) is 5.59. The van der Waals surface area contributed by atoms with E-state index >= 15 is 0 Å². The van der Waals surface area contributed by atoms with E-state index in [0.717, 1.165) is 18.3 Å². The lowest BCUT2D eigenvalue weighted by Crippen LogP contribution is -2.37. The SMILES string of the molecule is CC1(C)C2CCC1(C)C(OCC=CCS)C2. The van der Waals surface area contributed by atoms with Gasteiger partial charge in [0.1, 0.15) is 0 Å². The van der Waals surface area contributed by atoms with Gasteiger partial charge in [0.05, 0.1) is 12.7 Å². The molecule has 16 heavy (non-hydrogen) atoms. The summed E-state index contributed by atoms with van der Waals surface area (Å²) < 4.78 is 6.06. The monoisotopic (exact) mass is 240 g/mol. The van der Waals surface area contributed by atoms with Crippen molar-refractivity contribution in [2.75, 3.05) is 12.4 Å². The molecule has 3 unspecified atom stereocenters. The molecule has 0 aliphatic heterocycles. The van der Waals surface area contributed by atoms with E-state index in [1.165, 1.54) is 19.3 Å². The maximum absolute atomic E-state index is 6.06. The summed E-state index contributed by atoms with van der Waals surface area (Å²) in [7, 11) is 0. The number of fused-ring (bicyclic) bond motifs is 2. The molecule has 0 aromatic rings. The molecule has 2 fully saturated rings. The van der Waals surface area contributed by atoms with Crippen LogP contribution in [0.4, 0.5) is 0 Å². The zero-order valence-corrected chi connectivity index (χ0v) is 11.6. The van der Waals surface area contributed by atoms with Crippen LogP contribution in [0.15, 0.2) is 12.2 Å². The second-order valence-corrected chi connectivity index (χ2v) is 6.45. The fourth-order valence-corrected chi connectivity index (χ4v) is 3.85. The van der Waals surface area contributed by atoms with Gasteiger partial charge in [-0.1, -0.05) is 32.9 Å². The first kappa shape index (κ1) is 12.5. The molecule has 2 aliphatic rings. The predicted molar refractivity (Wildman–Crippen MR) is 72.0 cm³/mol. The number of hydrogen-bond donors (Lipinski definition) is 1. The first-order valence-corrected chi connectivity index (χ1v) is 7.03. The lowest BCUT2D eigenvalue weighted by molar-refractivity contribution is -0.0352. The average Bonchev–Trinajstić information content (AvgIpc) is 2.57. The molecule has 3 atom stereocenters. The van der Waals surface area contributed by atoms with Crippen molar-refractivity contribution in [3.05, 3.63) is 12.2 Å². The molecule has 1 nitrogen and oxygen atoms in total. The molecule has 0 aromatic carbocycles. The molecule has 92 valence electrons. The summed E-state index contributed by atoms with van der Waals surface area (Å²) in [5.41, 5.74) is 0.859. The van der Waals surface area contributed by atoms with E-state index in [9.17, 15) is 0 Å². The lowest BCUT2D eigenvalue weighted by atomic mass is 9.70. The van der Waals surface area contributed by atoms with Crippen LogP contribution < -0.4 is 0 Å². The van der Waals surface area contributed by atoms with Crippen LogP contribution in [0.25, 0.3) is 0 Å². The standard InChI is InChI=1S/C14H24OS/c1-13(2)11-6-7-14(13,3)12(10-11)15-8-4-5-9-16/h4-5,11-12,16H,6-10H2,1-3H3. The van der Waals surface area contributed by atoms with Crippen molar-refractivity contribution in [2.45, 2.75) is 46.1 Å². The summed E-state index contributed by atoms with van der Waals surface area (Å²) in [5.74, 6) is 1.68. The maximum Gasteiger partial charge on any atom is 0.0651 e. The van der Waals surface area contributed by atoms with Gasteiger partial charge in [0.2, 0.25) is 0 Å². The Morgan fingerprint density at radius 2 is 2.06 bits per heavy atom. The van der Waals surface area contributed by atoms with E-state index in [-0.39, 0.29) is 0 Å². The van der Waals surface area contributed by atoms with Crippen LogP contribution in [0, 0.1) is 16.7 Å². The zero-order valence-electron chi connectivity index (χ0n) is 10.7. The van der Waals surface area contributed by atoms with Crippen molar-refractivity contribution in [3.8, 4) is 0 Å². The Hall–Kier alpha value is 0.0500. The van der Waals surface area contributed by atoms with Crippen molar-refractivity contribution in [1.82, 2.24) is 0 Å². The van der Waals surface area contributed by atoms with Crippen LogP contribution in [0.5, 0.6) is 0 Å². The second-order valence-electron chi connectivity index (χ2n) is 6.09. The minimum absolute atomic E-state index is 0.395. The van der Waals surface area contributed by atoms with Crippen LogP contribution in [-0.2, 0) is 4.74 Å². The fraction of sp³-hybridized carbons (Fsp3) is 0.857. The molecule has 0 spiro atoms. The highest BCUT2D eigenvalue weighted by Gasteiger charge is 2.61. The summed E-state index contributed by atoms with van der Waals surface area (Å²) in [5, 5.41) is 0. The van der Waals surface area contributed by atoms with Crippen LogP contribution in [0.1, 0.15) is 40.0 Å². The van der Waals surface area contributed by atoms with Gasteiger partial charge in [-0.15, -0.1) is 0 Å². The number of ether oxygens (including phenoxy) is 1. The fourth-order valence-electron chi connectivity index (χ4n) is 3.70. The summed E-state index contributed by atoms with van der Waals surface area (Å²) in [6, 6.07) is 0. The number of thiol groups is 1. The van der Waals surface area contributed by atoms with Crippen molar-refractivity contribution in [2.24, 2.45) is 16.7 Å². The second kappa shape index (κ2) is 4.38. The first-order chi connectivity index (χ1) is 7.52.